The molecule has 0 spiro atoms. The second-order valence-corrected chi connectivity index (χ2v) is 4.13. The summed E-state index contributed by atoms with van der Waals surface area (Å²) in [4.78, 5) is 4.19. The zero-order valence-corrected chi connectivity index (χ0v) is 9.90. The lowest BCUT2D eigenvalue weighted by Crippen LogP contribution is -1.97. The lowest BCUT2D eigenvalue weighted by Gasteiger charge is -2.09. The molecule has 1 heterocycles. The van der Waals surface area contributed by atoms with Gasteiger partial charge in [0.2, 0.25) is 0 Å². The Morgan fingerprint density at radius 2 is 1.68 bits per heavy atom. The summed E-state index contributed by atoms with van der Waals surface area (Å²) in [5, 5.41) is 3.66. The average Bonchev–Trinajstić information content (AvgIpc) is 2.43. The Morgan fingerprint density at radius 3 is 2.47 bits per heavy atom. The number of rotatable bonds is 2. The van der Waals surface area contributed by atoms with Crippen molar-refractivity contribution in [1.29, 1.82) is 0 Å². The lowest BCUT2D eigenvalue weighted by atomic mass is 10.2. The third kappa shape index (κ3) is 2.25. The molecular weight excluding hydrogens is 246 g/mol. The summed E-state index contributed by atoms with van der Waals surface area (Å²) in [6.07, 6.45) is 1.70. The monoisotopic (exact) mass is 256 g/mol. The van der Waals surface area contributed by atoms with Gasteiger partial charge in [0.15, 0.2) is 0 Å². The van der Waals surface area contributed by atoms with Crippen molar-refractivity contribution in [2.24, 2.45) is 0 Å². The summed E-state index contributed by atoms with van der Waals surface area (Å²) in [6.45, 7) is 0. The standard InChI is InChI=1S/C15H10F2N2/c16-12-4-1-5-13(17)15(12)19-11-6-7-14-10(9-11)3-2-8-18-14/h1-9,19H. The first-order valence-electron chi connectivity index (χ1n) is 5.80. The smallest absolute Gasteiger partial charge is 0.149 e. The maximum absolute atomic E-state index is 13.5. The number of hydrogen-bond acceptors (Lipinski definition) is 2. The molecule has 3 rings (SSSR count). The van der Waals surface area contributed by atoms with E-state index >= 15 is 0 Å². The van der Waals surface area contributed by atoms with E-state index in [4.69, 9.17) is 0 Å². The van der Waals surface area contributed by atoms with Gasteiger partial charge in [0.25, 0.3) is 0 Å². The molecule has 3 aromatic rings. The van der Waals surface area contributed by atoms with Gasteiger partial charge in [-0.2, -0.15) is 0 Å². The highest BCUT2D eigenvalue weighted by Crippen LogP contribution is 2.25. The number of anilines is 2. The Bertz CT molecular complexity index is 721. The average molecular weight is 256 g/mol. The van der Waals surface area contributed by atoms with E-state index in [-0.39, 0.29) is 5.69 Å². The molecule has 2 aromatic carbocycles. The van der Waals surface area contributed by atoms with Crippen LogP contribution in [0.2, 0.25) is 0 Å². The summed E-state index contributed by atoms with van der Waals surface area (Å²) in [7, 11) is 0. The molecule has 0 saturated heterocycles. The molecule has 0 amide bonds. The van der Waals surface area contributed by atoms with Crippen molar-refractivity contribution in [1.82, 2.24) is 4.98 Å². The molecule has 1 aromatic heterocycles. The normalized spacial score (nSPS) is 10.6. The van der Waals surface area contributed by atoms with Crippen LogP contribution in [-0.4, -0.2) is 4.98 Å². The van der Waals surface area contributed by atoms with E-state index < -0.39 is 11.6 Å². The molecule has 94 valence electrons. The Labute approximate surface area is 108 Å². The maximum atomic E-state index is 13.5. The van der Waals surface area contributed by atoms with Crippen molar-refractivity contribution < 1.29 is 8.78 Å². The zero-order chi connectivity index (χ0) is 13.2. The van der Waals surface area contributed by atoms with Crippen LogP contribution in [0.15, 0.2) is 54.7 Å². The van der Waals surface area contributed by atoms with Crippen LogP contribution in [0.1, 0.15) is 0 Å². The quantitative estimate of drug-likeness (QED) is 0.741. The highest BCUT2D eigenvalue weighted by molar-refractivity contribution is 5.83. The van der Waals surface area contributed by atoms with E-state index in [1.54, 1.807) is 24.4 Å². The molecule has 0 unspecified atom stereocenters. The Balaban J connectivity index is 2.01. The fourth-order valence-electron chi connectivity index (χ4n) is 1.91. The van der Waals surface area contributed by atoms with Crippen molar-refractivity contribution in [2.75, 3.05) is 5.32 Å². The number of nitrogens with zero attached hydrogens (tertiary/aromatic N) is 1. The van der Waals surface area contributed by atoms with Crippen molar-refractivity contribution in [2.45, 2.75) is 0 Å². The Morgan fingerprint density at radius 1 is 0.895 bits per heavy atom. The molecular formula is C15H10F2N2. The van der Waals surface area contributed by atoms with Crippen LogP contribution < -0.4 is 5.32 Å². The fraction of sp³-hybridized carbons (Fsp3) is 0. The number of halogens is 2. The molecule has 19 heavy (non-hydrogen) atoms. The Kier molecular flexibility index (Phi) is 2.83. The van der Waals surface area contributed by atoms with Crippen molar-refractivity contribution in [3.8, 4) is 0 Å². The minimum absolute atomic E-state index is 0.147. The van der Waals surface area contributed by atoms with Crippen LogP contribution in [-0.2, 0) is 0 Å². The molecule has 0 fully saturated rings. The van der Waals surface area contributed by atoms with Crippen LogP contribution >= 0.6 is 0 Å². The molecule has 0 aliphatic rings. The molecule has 1 N–H and O–H groups in total. The summed E-state index contributed by atoms with van der Waals surface area (Å²) in [5.74, 6) is -1.24. The first kappa shape index (κ1) is 11.6. The number of fused-ring (bicyclic) bond motifs is 1. The van der Waals surface area contributed by atoms with Gasteiger partial charge in [-0.05, 0) is 36.4 Å². The fourth-order valence-corrected chi connectivity index (χ4v) is 1.91. The van der Waals surface area contributed by atoms with Crippen LogP contribution in [0.5, 0.6) is 0 Å². The van der Waals surface area contributed by atoms with Crippen molar-refractivity contribution in [3.63, 3.8) is 0 Å². The highest BCUT2D eigenvalue weighted by atomic mass is 19.1. The van der Waals surface area contributed by atoms with E-state index in [2.05, 4.69) is 10.3 Å². The molecule has 0 bridgehead atoms. The summed E-state index contributed by atoms with van der Waals surface area (Å²) >= 11 is 0. The summed E-state index contributed by atoms with van der Waals surface area (Å²) < 4.78 is 27.1. The summed E-state index contributed by atoms with van der Waals surface area (Å²) in [6, 6.07) is 12.8. The lowest BCUT2D eigenvalue weighted by molar-refractivity contribution is 0.591. The number of benzene rings is 2. The van der Waals surface area contributed by atoms with E-state index in [1.807, 2.05) is 12.1 Å². The maximum Gasteiger partial charge on any atom is 0.149 e. The molecule has 4 heteroatoms. The van der Waals surface area contributed by atoms with E-state index in [9.17, 15) is 8.78 Å². The van der Waals surface area contributed by atoms with Crippen LogP contribution in [0.3, 0.4) is 0 Å². The number of aromatic nitrogens is 1. The van der Waals surface area contributed by atoms with Gasteiger partial charge in [0.1, 0.15) is 17.3 Å². The third-order valence-corrected chi connectivity index (χ3v) is 2.84. The first-order chi connectivity index (χ1) is 9.24. The van der Waals surface area contributed by atoms with Gasteiger partial charge in [-0.3, -0.25) is 4.98 Å². The number of hydrogen-bond donors (Lipinski definition) is 1. The van der Waals surface area contributed by atoms with Gasteiger partial charge in [0, 0.05) is 17.3 Å². The van der Waals surface area contributed by atoms with Crippen molar-refractivity contribution >= 4 is 22.3 Å². The minimum atomic E-state index is -0.619. The Hall–Kier alpha value is -2.49. The zero-order valence-electron chi connectivity index (χ0n) is 9.90. The topological polar surface area (TPSA) is 24.9 Å². The molecule has 0 saturated carbocycles. The second-order valence-electron chi connectivity index (χ2n) is 4.13. The van der Waals surface area contributed by atoms with Crippen molar-refractivity contribution in [3.05, 3.63) is 66.4 Å². The molecule has 0 aliphatic carbocycles. The third-order valence-electron chi connectivity index (χ3n) is 2.84. The van der Waals surface area contributed by atoms with Crippen LogP contribution in [0, 0.1) is 11.6 Å². The first-order valence-corrected chi connectivity index (χ1v) is 5.80. The van der Waals surface area contributed by atoms with Crippen LogP contribution in [0.25, 0.3) is 10.9 Å². The van der Waals surface area contributed by atoms with Crippen LogP contribution in [0.4, 0.5) is 20.2 Å². The van der Waals surface area contributed by atoms with Gasteiger partial charge in [0.05, 0.1) is 5.52 Å². The van der Waals surface area contributed by atoms with Gasteiger partial charge in [-0.15, -0.1) is 0 Å². The number of pyridine rings is 1. The summed E-state index contributed by atoms with van der Waals surface area (Å²) in [5.41, 5.74) is 1.30. The number of para-hydroxylation sites is 1. The van der Waals surface area contributed by atoms with E-state index in [0.29, 0.717) is 5.69 Å². The van der Waals surface area contributed by atoms with Gasteiger partial charge >= 0.3 is 0 Å². The molecule has 2 nitrogen and oxygen atoms in total. The second kappa shape index (κ2) is 4.65. The largest absolute Gasteiger partial charge is 0.351 e. The van der Waals surface area contributed by atoms with Gasteiger partial charge in [-0.1, -0.05) is 12.1 Å². The molecule has 0 aliphatic heterocycles. The SMILES string of the molecule is Fc1cccc(F)c1Nc1ccc2ncccc2c1. The number of nitrogens with one attached hydrogen (secondary N) is 1. The molecule has 0 atom stereocenters. The van der Waals surface area contributed by atoms with E-state index in [0.717, 1.165) is 10.9 Å². The molecule has 0 radical (unpaired) electrons. The van der Waals surface area contributed by atoms with E-state index in [1.165, 1.54) is 18.2 Å². The minimum Gasteiger partial charge on any atom is -0.351 e. The van der Waals surface area contributed by atoms with Gasteiger partial charge < -0.3 is 5.32 Å². The predicted octanol–water partition coefficient (Wildman–Crippen LogP) is 4.26. The van der Waals surface area contributed by atoms with Gasteiger partial charge in [-0.25, -0.2) is 8.78 Å². The predicted molar refractivity (Wildman–Crippen MR) is 71.4 cm³/mol. The highest BCUT2D eigenvalue weighted by Gasteiger charge is 2.08.